The number of aromatic nitrogens is 2. The molecule has 0 bridgehead atoms. The minimum absolute atomic E-state index is 0.00426. The molecule has 0 amide bonds. The molecule has 0 aliphatic rings. The summed E-state index contributed by atoms with van der Waals surface area (Å²) < 4.78 is 5.28. The molecular weight excluding hydrogens is 224 g/mol. The summed E-state index contributed by atoms with van der Waals surface area (Å²) in [5.74, 6) is -0.160. The predicted octanol–water partition coefficient (Wildman–Crippen LogP) is -0.333. The molecule has 0 atom stereocenters. The second-order valence-corrected chi connectivity index (χ2v) is 3.40. The van der Waals surface area contributed by atoms with E-state index in [1.807, 2.05) is 0 Å². The molecule has 7 N–H and O–H groups in total. The standard InChI is InChI=1S/C9H12N6O2/c10-6-7(11)14-9(15(16)8(6)12)13-3-5-1-2-17-4-5/h1-2,4H,3,10,12H2,(H3,11,13,14). The molecule has 0 unspecified atom stereocenters. The molecule has 2 aromatic rings. The smallest absolute Gasteiger partial charge is 0.348 e. The number of rotatable bonds is 3. The Bertz CT molecular complexity index is 525. The second kappa shape index (κ2) is 4.08. The van der Waals surface area contributed by atoms with Gasteiger partial charge in [-0.05, 0) is 6.07 Å². The van der Waals surface area contributed by atoms with Crippen LogP contribution in [0.2, 0.25) is 0 Å². The zero-order valence-electron chi connectivity index (χ0n) is 8.88. The van der Waals surface area contributed by atoms with E-state index in [4.69, 9.17) is 21.6 Å². The summed E-state index contributed by atoms with van der Waals surface area (Å²) in [6.07, 6.45) is 3.08. The number of furan rings is 1. The van der Waals surface area contributed by atoms with E-state index in [0.717, 1.165) is 5.56 Å². The molecule has 0 spiro atoms. The molecule has 0 saturated carbocycles. The number of hydrogen-bond acceptors (Lipinski definition) is 7. The molecule has 0 aromatic carbocycles. The van der Waals surface area contributed by atoms with Crippen molar-refractivity contribution in [2.45, 2.75) is 6.54 Å². The van der Waals surface area contributed by atoms with Gasteiger partial charge in [0.1, 0.15) is 0 Å². The highest BCUT2D eigenvalue weighted by atomic mass is 16.5. The Morgan fingerprint density at radius 3 is 2.82 bits per heavy atom. The second-order valence-electron chi connectivity index (χ2n) is 3.40. The molecule has 0 aliphatic heterocycles. The van der Waals surface area contributed by atoms with Crippen LogP contribution in [0.3, 0.4) is 0 Å². The third kappa shape index (κ3) is 2.00. The van der Waals surface area contributed by atoms with Gasteiger partial charge < -0.3 is 26.8 Å². The van der Waals surface area contributed by atoms with Gasteiger partial charge in [-0.3, -0.25) is 5.32 Å². The van der Waals surface area contributed by atoms with E-state index < -0.39 is 0 Å². The number of anilines is 4. The highest BCUT2D eigenvalue weighted by molar-refractivity contribution is 5.69. The van der Waals surface area contributed by atoms with Crippen LogP contribution in [0.15, 0.2) is 23.0 Å². The summed E-state index contributed by atoms with van der Waals surface area (Å²) in [4.78, 5) is 3.81. The fourth-order valence-corrected chi connectivity index (χ4v) is 1.26. The number of nitrogens with zero attached hydrogens (tertiary/aromatic N) is 2. The lowest BCUT2D eigenvalue weighted by atomic mass is 10.3. The van der Waals surface area contributed by atoms with Crippen molar-refractivity contribution in [3.63, 3.8) is 0 Å². The zero-order valence-corrected chi connectivity index (χ0v) is 8.88. The Balaban J connectivity index is 2.22. The SMILES string of the molecule is Nc1nc(NCc2ccoc2)[n+]([O-])c(N)c1N. The molecule has 2 rings (SSSR count). The van der Waals surface area contributed by atoms with Crippen LogP contribution in [-0.2, 0) is 6.54 Å². The Kier molecular flexibility index (Phi) is 2.61. The lowest BCUT2D eigenvalue weighted by Gasteiger charge is -2.14. The fourth-order valence-electron chi connectivity index (χ4n) is 1.26. The normalized spacial score (nSPS) is 10.4. The van der Waals surface area contributed by atoms with E-state index in [1.54, 1.807) is 12.3 Å². The van der Waals surface area contributed by atoms with Gasteiger partial charge in [-0.1, -0.05) is 4.98 Å². The van der Waals surface area contributed by atoms with Crippen molar-refractivity contribution >= 4 is 23.3 Å². The Morgan fingerprint density at radius 2 is 2.18 bits per heavy atom. The first kappa shape index (κ1) is 10.9. The number of hydrogen-bond donors (Lipinski definition) is 4. The van der Waals surface area contributed by atoms with Crippen LogP contribution in [0.5, 0.6) is 0 Å². The van der Waals surface area contributed by atoms with Gasteiger partial charge in [0.25, 0.3) is 0 Å². The molecule has 2 heterocycles. The molecule has 2 aromatic heterocycles. The van der Waals surface area contributed by atoms with Gasteiger partial charge in [-0.15, -0.1) is 0 Å². The molecule has 8 heteroatoms. The van der Waals surface area contributed by atoms with Crippen LogP contribution < -0.4 is 27.2 Å². The minimum Gasteiger partial charge on any atom is -0.754 e. The summed E-state index contributed by atoms with van der Waals surface area (Å²) in [5, 5.41) is 14.4. The van der Waals surface area contributed by atoms with Gasteiger partial charge >= 0.3 is 5.95 Å². The summed E-state index contributed by atoms with van der Waals surface area (Å²) >= 11 is 0. The van der Waals surface area contributed by atoms with E-state index in [0.29, 0.717) is 11.3 Å². The van der Waals surface area contributed by atoms with Crippen molar-refractivity contribution in [3.05, 3.63) is 29.4 Å². The van der Waals surface area contributed by atoms with Gasteiger partial charge in [0.2, 0.25) is 11.6 Å². The molecule has 90 valence electrons. The van der Waals surface area contributed by atoms with E-state index >= 15 is 0 Å². The van der Waals surface area contributed by atoms with Crippen molar-refractivity contribution in [1.29, 1.82) is 0 Å². The van der Waals surface area contributed by atoms with Crippen LogP contribution in [-0.4, -0.2) is 4.98 Å². The summed E-state index contributed by atoms with van der Waals surface area (Å²) in [6.45, 7) is 0.370. The first-order valence-corrected chi connectivity index (χ1v) is 4.78. The Morgan fingerprint density at radius 1 is 1.41 bits per heavy atom. The Hall–Kier alpha value is -2.64. The lowest BCUT2D eigenvalue weighted by molar-refractivity contribution is -0.576. The van der Waals surface area contributed by atoms with Gasteiger partial charge in [-0.25, -0.2) is 4.73 Å². The van der Waals surface area contributed by atoms with Crippen molar-refractivity contribution in [1.82, 2.24) is 4.98 Å². The summed E-state index contributed by atoms with van der Waals surface area (Å²) in [6, 6.07) is 1.76. The number of nitrogens with one attached hydrogen (secondary N) is 1. The zero-order chi connectivity index (χ0) is 12.4. The molecule has 0 saturated heterocycles. The lowest BCUT2D eigenvalue weighted by Crippen LogP contribution is -2.37. The van der Waals surface area contributed by atoms with Gasteiger partial charge in [-0.2, -0.15) is 0 Å². The van der Waals surface area contributed by atoms with E-state index in [2.05, 4.69) is 10.3 Å². The van der Waals surface area contributed by atoms with Gasteiger partial charge in [0, 0.05) is 5.56 Å². The first-order chi connectivity index (χ1) is 8.09. The van der Waals surface area contributed by atoms with Crippen LogP contribution in [0, 0.1) is 5.21 Å². The maximum absolute atomic E-state index is 11.6. The van der Waals surface area contributed by atoms with E-state index in [9.17, 15) is 5.21 Å². The average molecular weight is 236 g/mol. The van der Waals surface area contributed by atoms with Crippen molar-refractivity contribution in [2.75, 3.05) is 22.5 Å². The molecular formula is C9H12N6O2. The van der Waals surface area contributed by atoms with Crippen molar-refractivity contribution in [3.8, 4) is 0 Å². The quantitative estimate of drug-likeness (QED) is 0.421. The summed E-state index contributed by atoms with van der Waals surface area (Å²) in [5.41, 5.74) is 17.3. The molecule has 8 nitrogen and oxygen atoms in total. The van der Waals surface area contributed by atoms with Crippen LogP contribution in [0.4, 0.5) is 23.3 Å². The van der Waals surface area contributed by atoms with E-state index in [-0.39, 0.29) is 23.3 Å². The van der Waals surface area contributed by atoms with Crippen LogP contribution in [0.25, 0.3) is 0 Å². The molecule has 0 fully saturated rings. The highest BCUT2D eigenvalue weighted by Gasteiger charge is 2.14. The third-order valence-electron chi connectivity index (χ3n) is 2.22. The highest BCUT2D eigenvalue weighted by Crippen LogP contribution is 2.18. The Labute approximate surface area is 96.6 Å². The monoisotopic (exact) mass is 236 g/mol. The largest absolute Gasteiger partial charge is 0.754 e. The summed E-state index contributed by atoms with van der Waals surface area (Å²) in [7, 11) is 0. The molecule has 0 radical (unpaired) electrons. The van der Waals surface area contributed by atoms with Crippen molar-refractivity contribution < 1.29 is 9.15 Å². The third-order valence-corrected chi connectivity index (χ3v) is 2.22. The maximum atomic E-state index is 11.6. The fraction of sp³-hybridized carbons (Fsp3) is 0.111. The maximum Gasteiger partial charge on any atom is 0.348 e. The average Bonchev–Trinajstić information content (AvgIpc) is 2.82. The first-order valence-electron chi connectivity index (χ1n) is 4.78. The molecule has 0 aliphatic carbocycles. The van der Waals surface area contributed by atoms with Crippen LogP contribution >= 0.6 is 0 Å². The molecule has 17 heavy (non-hydrogen) atoms. The van der Waals surface area contributed by atoms with Gasteiger partial charge in [0.05, 0.1) is 19.1 Å². The van der Waals surface area contributed by atoms with E-state index in [1.165, 1.54) is 6.26 Å². The minimum atomic E-state index is -0.174. The predicted molar refractivity (Wildman–Crippen MR) is 62.5 cm³/mol. The van der Waals surface area contributed by atoms with Crippen molar-refractivity contribution in [2.24, 2.45) is 0 Å². The topological polar surface area (TPSA) is 143 Å². The van der Waals surface area contributed by atoms with Gasteiger partial charge in [0.15, 0.2) is 5.69 Å². The number of nitrogen functional groups attached to an aromatic ring is 3. The van der Waals surface area contributed by atoms with Crippen LogP contribution in [0.1, 0.15) is 5.56 Å². The number of nitrogens with two attached hydrogens (primary N) is 3.